The van der Waals surface area contributed by atoms with Gasteiger partial charge < -0.3 is 14.8 Å². The standard InChI is InChI=1S/C15H23NO2S/c1-3-16-14(11-19-12-9-17-10-12)13-7-5-6-8-15(13)18-4-2/h5-8,12,14,16H,3-4,9-11H2,1-2H3. The number of nitrogens with one attached hydrogen (secondary N) is 1. The number of hydrogen-bond acceptors (Lipinski definition) is 4. The molecule has 106 valence electrons. The SMILES string of the molecule is CCNC(CSC1COC1)c1ccccc1OCC. The van der Waals surface area contributed by atoms with Gasteiger partial charge in [-0.05, 0) is 19.5 Å². The van der Waals surface area contributed by atoms with Gasteiger partial charge in [0.25, 0.3) is 0 Å². The van der Waals surface area contributed by atoms with Crippen LogP contribution in [0.15, 0.2) is 24.3 Å². The molecular formula is C15H23NO2S. The van der Waals surface area contributed by atoms with Crippen molar-refractivity contribution in [2.45, 2.75) is 25.1 Å². The Labute approximate surface area is 120 Å². The van der Waals surface area contributed by atoms with E-state index in [1.165, 1.54) is 5.56 Å². The van der Waals surface area contributed by atoms with E-state index < -0.39 is 0 Å². The first-order chi connectivity index (χ1) is 9.35. The molecule has 1 N–H and O–H groups in total. The van der Waals surface area contributed by atoms with Crippen molar-refractivity contribution in [2.24, 2.45) is 0 Å². The molecule has 2 rings (SSSR count). The van der Waals surface area contributed by atoms with Crippen LogP contribution in [0, 0.1) is 0 Å². The number of thioether (sulfide) groups is 1. The van der Waals surface area contributed by atoms with Gasteiger partial charge in [0.1, 0.15) is 5.75 Å². The summed E-state index contributed by atoms with van der Waals surface area (Å²) in [4.78, 5) is 0. The molecule has 0 aromatic heterocycles. The molecule has 1 aliphatic rings. The third-order valence-electron chi connectivity index (χ3n) is 3.15. The van der Waals surface area contributed by atoms with Crippen LogP contribution in [0.5, 0.6) is 5.75 Å². The third-order valence-corrected chi connectivity index (χ3v) is 4.42. The average molecular weight is 281 g/mol. The van der Waals surface area contributed by atoms with E-state index in [4.69, 9.17) is 9.47 Å². The van der Waals surface area contributed by atoms with Gasteiger partial charge >= 0.3 is 0 Å². The maximum absolute atomic E-state index is 5.74. The molecule has 1 unspecified atom stereocenters. The van der Waals surface area contributed by atoms with Crippen LogP contribution in [0.1, 0.15) is 25.5 Å². The Morgan fingerprint density at radius 1 is 1.37 bits per heavy atom. The maximum Gasteiger partial charge on any atom is 0.124 e. The van der Waals surface area contributed by atoms with Crippen molar-refractivity contribution in [3.63, 3.8) is 0 Å². The van der Waals surface area contributed by atoms with Crippen LogP contribution in [0.3, 0.4) is 0 Å². The van der Waals surface area contributed by atoms with Crippen LogP contribution in [-0.4, -0.2) is 37.4 Å². The van der Waals surface area contributed by atoms with Crippen LogP contribution >= 0.6 is 11.8 Å². The van der Waals surface area contributed by atoms with Crippen LogP contribution in [0.4, 0.5) is 0 Å². The van der Waals surface area contributed by atoms with E-state index in [2.05, 4.69) is 30.4 Å². The summed E-state index contributed by atoms with van der Waals surface area (Å²) in [5.74, 6) is 2.06. The van der Waals surface area contributed by atoms with E-state index in [1.54, 1.807) is 0 Å². The molecule has 0 radical (unpaired) electrons. The Balaban J connectivity index is 2.03. The van der Waals surface area contributed by atoms with Crippen molar-refractivity contribution < 1.29 is 9.47 Å². The summed E-state index contributed by atoms with van der Waals surface area (Å²) < 4.78 is 11.0. The molecule has 0 aliphatic carbocycles. The summed E-state index contributed by atoms with van der Waals surface area (Å²) in [6, 6.07) is 8.68. The molecule has 0 bridgehead atoms. The lowest BCUT2D eigenvalue weighted by atomic mass is 10.1. The van der Waals surface area contributed by atoms with Gasteiger partial charge in [-0.3, -0.25) is 0 Å². The highest BCUT2D eigenvalue weighted by atomic mass is 32.2. The maximum atomic E-state index is 5.74. The summed E-state index contributed by atoms with van der Waals surface area (Å²) in [6.45, 7) is 7.65. The van der Waals surface area contributed by atoms with Gasteiger partial charge in [-0.15, -0.1) is 0 Å². The zero-order valence-corrected chi connectivity index (χ0v) is 12.5. The molecule has 1 aliphatic heterocycles. The smallest absolute Gasteiger partial charge is 0.124 e. The molecule has 1 heterocycles. The molecule has 19 heavy (non-hydrogen) atoms. The molecule has 1 atom stereocenters. The highest BCUT2D eigenvalue weighted by molar-refractivity contribution is 8.00. The van der Waals surface area contributed by atoms with E-state index in [-0.39, 0.29) is 0 Å². The second-order valence-electron chi connectivity index (χ2n) is 4.57. The molecule has 1 aromatic rings. The second kappa shape index (κ2) is 7.78. The number of benzene rings is 1. The van der Waals surface area contributed by atoms with E-state index in [1.807, 2.05) is 24.8 Å². The Morgan fingerprint density at radius 3 is 2.79 bits per heavy atom. The highest BCUT2D eigenvalue weighted by Crippen LogP contribution is 2.30. The molecule has 0 saturated carbocycles. The Morgan fingerprint density at radius 2 is 2.16 bits per heavy atom. The van der Waals surface area contributed by atoms with Gasteiger partial charge in [-0.1, -0.05) is 25.1 Å². The molecule has 1 saturated heterocycles. The summed E-state index contributed by atoms with van der Waals surface area (Å²) in [5.41, 5.74) is 1.26. The third kappa shape index (κ3) is 4.13. The molecule has 0 amide bonds. The van der Waals surface area contributed by atoms with E-state index in [0.717, 1.165) is 31.3 Å². The van der Waals surface area contributed by atoms with Crippen LogP contribution in [0.25, 0.3) is 0 Å². The van der Waals surface area contributed by atoms with Gasteiger partial charge in [0.2, 0.25) is 0 Å². The van der Waals surface area contributed by atoms with Gasteiger partial charge in [0, 0.05) is 17.4 Å². The molecular weight excluding hydrogens is 258 g/mol. The molecule has 0 spiro atoms. The lowest BCUT2D eigenvalue weighted by molar-refractivity contribution is 0.0455. The lowest BCUT2D eigenvalue weighted by Gasteiger charge is -2.28. The first-order valence-corrected chi connectivity index (χ1v) is 8.04. The lowest BCUT2D eigenvalue weighted by Crippen LogP contribution is -2.32. The monoisotopic (exact) mass is 281 g/mol. The first kappa shape index (κ1) is 14.7. The van der Waals surface area contributed by atoms with Gasteiger partial charge in [-0.25, -0.2) is 0 Å². The normalized spacial score (nSPS) is 16.9. The second-order valence-corrected chi connectivity index (χ2v) is 5.91. The van der Waals surface area contributed by atoms with Gasteiger partial charge in [-0.2, -0.15) is 11.8 Å². The van der Waals surface area contributed by atoms with E-state index in [0.29, 0.717) is 17.9 Å². The van der Waals surface area contributed by atoms with E-state index in [9.17, 15) is 0 Å². The average Bonchev–Trinajstić information content (AvgIpc) is 2.37. The fourth-order valence-electron chi connectivity index (χ4n) is 2.10. The zero-order chi connectivity index (χ0) is 13.5. The zero-order valence-electron chi connectivity index (χ0n) is 11.7. The molecule has 3 nitrogen and oxygen atoms in total. The largest absolute Gasteiger partial charge is 0.494 e. The minimum Gasteiger partial charge on any atom is -0.494 e. The number of para-hydroxylation sites is 1. The Kier molecular flexibility index (Phi) is 6.01. The van der Waals surface area contributed by atoms with E-state index >= 15 is 0 Å². The molecule has 1 fully saturated rings. The summed E-state index contributed by atoms with van der Waals surface area (Å²) in [7, 11) is 0. The fraction of sp³-hybridized carbons (Fsp3) is 0.600. The van der Waals surface area contributed by atoms with Crippen LogP contribution in [0.2, 0.25) is 0 Å². The minimum atomic E-state index is 0.346. The molecule has 4 heteroatoms. The van der Waals surface area contributed by atoms with Gasteiger partial charge in [0.15, 0.2) is 0 Å². The van der Waals surface area contributed by atoms with Crippen molar-refractivity contribution in [1.29, 1.82) is 0 Å². The Bertz CT molecular complexity index is 382. The quantitative estimate of drug-likeness (QED) is 0.794. The highest BCUT2D eigenvalue weighted by Gasteiger charge is 2.22. The van der Waals surface area contributed by atoms with Crippen molar-refractivity contribution in [2.75, 3.05) is 32.1 Å². The first-order valence-electron chi connectivity index (χ1n) is 6.99. The predicted octanol–water partition coefficient (Wildman–Crippen LogP) is 2.87. The molecule has 1 aromatic carbocycles. The van der Waals surface area contributed by atoms with Gasteiger partial charge in [0.05, 0.1) is 25.1 Å². The predicted molar refractivity (Wildman–Crippen MR) is 81.1 cm³/mol. The minimum absolute atomic E-state index is 0.346. The van der Waals surface area contributed by atoms with Crippen molar-refractivity contribution in [3.8, 4) is 5.75 Å². The number of hydrogen-bond donors (Lipinski definition) is 1. The van der Waals surface area contributed by atoms with Crippen molar-refractivity contribution in [1.82, 2.24) is 5.32 Å². The Hall–Kier alpha value is -0.710. The summed E-state index contributed by atoms with van der Waals surface area (Å²) in [5, 5.41) is 4.23. The number of rotatable bonds is 8. The fourth-order valence-corrected chi connectivity index (χ4v) is 3.25. The van der Waals surface area contributed by atoms with Crippen LogP contribution < -0.4 is 10.1 Å². The van der Waals surface area contributed by atoms with Crippen LogP contribution in [-0.2, 0) is 4.74 Å². The number of ether oxygens (including phenoxy) is 2. The van der Waals surface area contributed by atoms with Crippen molar-refractivity contribution >= 4 is 11.8 Å². The summed E-state index contributed by atoms with van der Waals surface area (Å²) >= 11 is 1.99. The summed E-state index contributed by atoms with van der Waals surface area (Å²) in [6.07, 6.45) is 0. The van der Waals surface area contributed by atoms with Crippen molar-refractivity contribution in [3.05, 3.63) is 29.8 Å². The topological polar surface area (TPSA) is 30.5 Å².